The lowest BCUT2D eigenvalue weighted by Gasteiger charge is -2.07. The van der Waals surface area contributed by atoms with E-state index >= 15 is 0 Å². The molecule has 0 saturated carbocycles. The SMILES string of the molecule is CCCCCCC(N)c1ccc(C(=O)OC)o1. The van der Waals surface area contributed by atoms with E-state index in [2.05, 4.69) is 11.7 Å². The van der Waals surface area contributed by atoms with Crippen LogP contribution in [0.15, 0.2) is 16.5 Å². The number of hydrogen-bond donors (Lipinski definition) is 1. The Labute approximate surface area is 102 Å². The first-order valence-electron chi connectivity index (χ1n) is 6.12. The van der Waals surface area contributed by atoms with Crippen molar-refractivity contribution in [3.63, 3.8) is 0 Å². The standard InChI is InChI=1S/C13H21NO3/c1-3-4-5-6-7-10(14)11-8-9-12(17-11)13(15)16-2/h8-10H,3-7,14H2,1-2H3. The Hall–Kier alpha value is -1.29. The van der Waals surface area contributed by atoms with Crippen LogP contribution < -0.4 is 5.73 Å². The van der Waals surface area contributed by atoms with Crippen molar-refractivity contribution in [1.29, 1.82) is 0 Å². The molecular weight excluding hydrogens is 218 g/mol. The lowest BCUT2D eigenvalue weighted by molar-refractivity contribution is 0.0562. The van der Waals surface area contributed by atoms with Gasteiger partial charge in [-0.25, -0.2) is 4.79 Å². The molecule has 0 saturated heterocycles. The van der Waals surface area contributed by atoms with Crippen LogP contribution in [0.2, 0.25) is 0 Å². The Morgan fingerprint density at radius 2 is 2.18 bits per heavy atom. The zero-order valence-corrected chi connectivity index (χ0v) is 10.6. The fraction of sp³-hybridized carbons (Fsp3) is 0.615. The second-order valence-electron chi connectivity index (χ2n) is 4.15. The largest absolute Gasteiger partial charge is 0.463 e. The molecule has 1 aromatic heterocycles. The molecule has 0 aliphatic rings. The molecule has 1 unspecified atom stereocenters. The minimum Gasteiger partial charge on any atom is -0.463 e. The van der Waals surface area contributed by atoms with Gasteiger partial charge in [0.25, 0.3) is 0 Å². The molecule has 1 heterocycles. The Kier molecular flexibility index (Phi) is 5.77. The van der Waals surface area contributed by atoms with Crippen molar-refractivity contribution in [3.05, 3.63) is 23.7 Å². The number of carbonyl (C=O) groups excluding carboxylic acids is 1. The molecule has 2 N–H and O–H groups in total. The van der Waals surface area contributed by atoms with Crippen molar-refractivity contribution in [2.75, 3.05) is 7.11 Å². The van der Waals surface area contributed by atoms with E-state index in [1.54, 1.807) is 12.1 Å². The number of ether oxygens (including phenoxy) is 1. The summed E-state index contributed by atoms with van der Waals surface area (Å²) in [4.78, 5) is 11.2. The number of unbranched alkanes of at least 4 members (excludes halogenated alkanes) is 3. The van der Waals surface area contributed by atoms with E-state index in [9.17, 15) is 4.79 Å². The lowest BCUT2D eigenvalue weighted by atomic mass is 10.1. The van der Waals surface area contributed by atoms with Gasteiger partial charge >= 0.3 is 5.97 Å². The highest BCUT2D eigenvalue weighted by Crippen LogP contribution is 2.20. The predicted octanol–water partition coefficient (Wildman–Crippen LogP) is 3.04. The third kappa shape index (κ3) is 4.23. The van der Waals surface area contributed by atoms with Gasteiger partial charge < -0.3 is 14.9 Å². The summed E-state index contributed by atoms with van der Waals surface area (Å²) in [5.41, 5.74) is 5.99. The molecule has 0 aliphatic heterocycles. The zero-order chi connectivity index (χ0) is 12.7. The first kappa shape index (κ1) is 13.8. The van der Waals surface area contributed by atoms with E-state index in [-0.39, 0.29) is 11.8 Å². The molecular formula is C13H21NO3. The maximum absolute atomic E-state index is 11.2. The Morgan fingerprint density at radius 3 is 2.82 bits per heavy atom. The van der Waals surface area contributed by atoms with Crippen molar-refractivity contribution < 1.29 is 13.9 Å². The van der Waals surface area contributed by atoms with Crippen LogP contribution in [-0.4, -0.2) is 13.1 Å². The summed E-state index contributed by atoms with van der Waals surface area (Å²) in [6.07, 6.45) is 5.60. The molecule has 0 amide bonds. The molecule has 4 nitrogen and oxygen atoms in total. The summed E-state index contributed by atoms with van der Waals surface area (Å²) in [6.45, 7) is 2.18. The smallest absolute Gasteiger partial charge is 0.373 e. The zero-order valence-electron chi connectivity index (χ0n) is 10.6. The molecule has 0 aliphatic carbocycles. The van der Waals surface area contributed by atoms with E-state index in [1.165, 1.54) is 26.4 Å². The molecule has 1 atom stereocenters. The van der Waals surface area contributed by atoms with Gasteiger partial charge in [-0.3, -0.25) is 0 Å². The van der Waals surface area contributed by atoms with Crippen LogP contribution in [0.5, 0.6) is 0 Å². The summed E-state index contributed by atoms with van der Waals surface area (Å²) >= 11 is 0. The third-order valence-electron chi connectivity index (χ3n) is 2.75. The highest BCUT2D eigenvalue weighted by atomic mass is 16.5. The molecule has 0 spiro atoms. The van der Waals surface area contributed by atoms with E-state index < -0.39 is 5.97 Å². The molecule has 4 heteroatoms. The van der Waals surface area contributed by atoms with Crippen LogP contribution in [0.25, 0.3) is 0 Å². The van der Waals surface area contributed by atoms with Crippen LogP contribution >= 0.6 is 0 Å². The van der Waals surface area contributed by atoms with E-state index in [0.717, 1.165) is 12.8 Å². The summed E-state index contributed by atoms with van der Waals surface area (Å²) in [7, 11) is 1.33. The van der Waals surface area contributed by atoms with Gasteiger partial charge in [0, 0.05) is 0 Å². The van der Waals surface area contributed by atoms with Crippen molar-refractivity contribution >= 4 is 5.97 Å². The van der Waals surface area contributed by atoms with Crippen molar-refractivity contribution in [1.82, 2.24) is 0 Å². The van der Waals surface area contributed by atoms with Gasteiger partial charge in [0.2, 0.25) is 5.76 Å². The van der Waals surface area contributed by atoms with Crippen LogP contribution in [-0.2, 0) is 4.74 Å². The van der Waals surface area contributed by atoms with Crippen LogP contribution in [0.3, 0.4) is 0 Å². The van der Waals surface area contributed by atoms with Gasteiger partial charge in [-0.1, -0.05) is 32.6 Å². The molecule has 96 valence electrons. The van der Waals surface area contributed by atoms with E-state index in [1.807, 2.05) is 0 Å². The number of furan rings is 1. The van der Waals surface area contributed by atoms with Gasteiger partial charge in [0.1, 0.15) is 5.76 Å². The lowest BCUT2D eigenvalue weighted by Crippen LogP contribution is -2.09. The third-order valence-corrected chi connectivity index (χ3v) is 2.75. The van der Waals surface area contributed by atoms with Crippen molar-refractivity contribution in [2.45, 2.75) is 45.1 Å². The quantitative estimate of drug-likeness (QED) is 0.586. The second-order valence-corrected chi connectivity index (χ2v) is 4.15. The van der Waals surface area contributed by atoms with Crippen LogP contribution in [0.1, 0.15) is 61.4 Å². The number of carbonyl (C=O) groups is 1. The predicted molar refractivity (Wildman–Crippen MR) is 65.7 cm³/mol. The van der Waals surface area contributed by atoms with E-state index in [4.69, 9.17) is 10.2 Å². The van der Waals surface area contributed by atoms with Crippen molar-refractivity contribution in [2.24, 2.45) is 5.73 Å². The normalized spacial score (nSPS) is 12.4. The highest BCUT2D eigenvalue weighted by molar-refractivity contribution is 5.86. The molecule has 0 aromatic carbocycles. The minimum atomic E-state index is -0.463. The Bertz CT molecular complexity index is 346. The topological polar surface area (TPSA) is 65.5 Å². The molecule has 1 aromatic rings. The number of esters is 1. The van der Waals surface area contributed by atoms with Crippen molar-refractivity contribution in [3.8, 4) is 0 Å². The average molecular weight is 239 g/mol. The molecule has 1 rings (SSSR count). The molecule has 0 radical (unpaired) electrons. The fourth-order valence-corrected chi connectivity index (χ4v) is 1.70. The monoisotopic (exact) mass is 239 g/mol. The van der Waals surface area contributed by atoms with Gasteiger partial charge in [-0.15, -0.1) is 0 Å². The first-order valence-corrected chi connectivity index (χ1v) is 6.12. The Balaban J connectivity index is 2.43. The highest BCUT2D eigenvalue weighted by Gasteiger charge is 2.15. The van der Waals surface area contributed by atoms with Gasteiger partial charge in [-0.05, 0) is 18.6 Å². The number of hydrogen-bond acceptors (Lipinski definition) is 4. The molecule has 0 fully saturated rings. The summed E-state index contributed by atoms with van der Waals surface area (Å²) in [5, 5.41) is 0. The number of nitrogens with two attached hydrogens (primary N) is 1. The maximum atomic E-state index is 11.2. The van der Waals surface area contributed by atoms with Gasteiger partial charge in [-0.2, -0.15) is 0 Å². The van der Waals surface area contributed by atoms with Gasteiger partial charge in [0.05, 0.1) is 13.2 Å². The number of rotatable bonds is 7. The fourth-order valence-electron chi connectivity index (χ4n) is 1.70. The van der Waals surface area contributed by atoms with Crippen LogP contribution in [0.4, 0.5) is 0 Å². The summed E-state index contributed by atoms with van der Waals surface area (Å²) in [6, 6.07) is 3.22. The van der Waals surface area contributed by atoms with Gasteiger partial charge in [0.15, 0.2) is 0 Å². The summed E-state index contributed by atoms with van der Waals surface area (Å²) < 4.78 is 9.92. The molecule has 0 bridgehead atoms. The average Bonchev–Trinajstić information content (AvgIpc) is 2.83. The first-order chi connectivity index (χ1) is 8.19. The van der Waals surface area contributed by atoms with Crippen LogP contribution in [0, 0.1) is 0 Å². The second kappa shape index (κ2) is 7.12. The summed E-state index contributed by atoms with van der Waals surface area (Å²) in [5.74, 6) is 0.405. The molecule has 17 heavy (non-hydrogen) atoms. The Morgan fingerprint density at radius 1 is 1.41 bits per heavy atom. The minimum absolute atomic E-state index is 0.134. The number of methoxy groups -OCH3 is 1. The maximum Gasteiger partial charge on any atom is 0.373 e. The van der Waals surface area contributed by atoms with E-state index in [0.29, 0.717) is 5.76 Å².